The number of carboxylic acid groups (broad SMARTS) is 2. The number of aliphatic carboxylic acids is 2. The van der Waals surface area contributed by atoms with Crippen molar-refractivity contribution in [2.24, 2.45) is 11.5 Å². The Labute approximate surface area is 195 Å². The lowest BCUT2D eigenvalue weighted by molar-refractivity contribution is -0.143. The predicted octanol–water partition coefficient (Wildman–Crippen LogP) is -2.14. The first-order valence-electron chi connectivity index (χ1n) is 10.3. The largest absolute Gasteiger partial charge is 0.481 e. The van der Waals surface area contributed by atoms with E-state index in [0.717, 1.165) is 5.56 Å². The average molecular weight is 479 g/mol. The molecular formula is C21H29N5O8. The van der Waals surface area contributed by atoms with Crippen molar-refractivity contribution in [3.63, 3.8) is 0 Å². The van der Waals surface area contributed by atoms with Gasteiger partial charge in [0.1, 0.15) is 18.1 Å². The first-order valence-corrected chi connectivity index (χ1v) is 10.3. The second-order valence-corrected chi connectivity index (χ2v) is 7.59. The summed E-state index contributed by atoms with van der Waals surface area (Å²) < 4.78 is 0. The number of nitrogens with two attached hydrogens (primary N) is 2. The third kappa shape index (κ3) is 10.1. The van der Waals surface area contributed by atoms with Crippen LogP contribution in [0, 0.1) is 0 Å². The molecule has 186 valence electrons. The monoisotopic (exact) mass is 479 g/mol. The Hall–Kier alpha value is -4.00. The third-order valence-corrected chi connectivity index (χ3v) is 4.69. The van der Waals surface area contributed by atoms with E-state index in [4.69, 9.17) is 21.7 Å². The molecule has 1 aromatic carbocycles. The van der Waals surface area contributed by atoms with Crippen LogP contribution in [0.4, 0.5) is 0 Å². The standard InChI is InChI=1S/C21H29N5O8/c1-11(18(30)25-14(21(33)34)7-8-17(28)29)24-20(32)15(10-16(23)27)26-19(31)13(22)9-12-5-3-2-4-6-12/h2-6,11,13-15H,7-10,22H2,1H3,(H2,23,27)(H,24,32)(H,25,30)(H,26,31)(H,28,29)(H,33,34). The minimum Gasteiger partial charge on any atom is -0.481 e. The third-order valence-electron chi connectivity index (χ3n) is 4.69. The Morgan fingerprint density at radius 2 is 1.47 bits per heavy atom. The lowest BCUT2D eigenvalue weighted by Crippen LogP contribution is -2.57. The van der Waals surface area contributed by atoms with Crippen molar-refractivity contribution in [1.82, 2.24) is 16.0 Å². The molecule has 4 unspecified atom stereocenters. The van der Waals surface area contributed by atoms with Crippen LogP contribution in [0.5, 0.6) is 0 Å². The van der Waals surface area contributed by atoms with Crippen LogP contribution in [0.1, 0.15) is 31.7 Å². The number of amides is 4. The fraction of sp³-hybridized carbons (Fsp3) is 0.429. The maximum Gasteiger partial charge on any atom is 0.326 e. The van der Waals surface area contributed by atoms with Gasteiger partial charge in [-0.3, -0.25) is 24.0 Å². The van der Waals surface area contributed by atoms with Crippen LogP contribution in [0.2, 0.25) is 0 Å². The van der Waals surface area contributed by atoms with Gasteiger partial charge in [0.25, 0.3) is 0 Å². The number of hydrogen-bond acceptors (Lipinski definition) is 7. The van der Waals surface area contributed by atoms with Crippen molar-refractivity contribution < 1.29 is 39.0 Å². The molecule has 0 saturated heterocycles. The topological polar surface area (TPSA) is 231 Å². The van der Waals surface area contributed by atoms with Crippen molar-refractivity contribution in [3.8, 4) is 0 Å². The Bertz CT molecular complexity index is 908. The normalized spacial score (nSPS) is 14.1. The second-order valence-electron chi connectivity index (χ2n) is 7.59. The van der Waals surface area contributed by atoms with Crippen LogP contribution in [0.25, 0.3) is 0 Å². The smallest absolute Gasteiger partial charge is 0.326 e. The molecular weight excluding hydrogens is 450 g/mol. The summed E-state index contributed by atoms with van der Waals surface area (Å²) in [5, 5.41) is 24.6. The predicted molar refractivity (Wildman–Crippen MR) is 118 cm³/mol. The van der Waals surface area contributed by atoms with E-state index in [0.29, 0.717) is 0 Å². The molecule has 0 aliphatic carbocycles. The second kappa shape index (κ2) is 13.5. The molecule has 34 heavy (non-hydrogen) atoms. The number of primary amides is 1. The maximum atomic E-state index is 12.6. The summed E-state index contributed by atoms with van der Waals surface area (Å²) in [4.78, 5) is 70.6. The molecule has 4 amide bonds. The van der Waals surface area contributed by atoms with E-state index in [-0.39, 0.29) is 12.8 Å². The summed E-state index contributed by atoms with van der Waals surface area (Å²) in [5.41, 5.74) is 11.8. The van der Waals surface area contributed by atoms with E-state index in [9.17, 15) is 28.8 Å². The van der Waals surface area contributed by atoms with Crippen LogP contribution < -0.4 is 27.4 Å². The zero-order valence-electron chi connectivity index (χ0n) is 18.5. The summed E-state index contributed by atoms with van der Waals surface area (Å²) in [7, 11) is 0. The molecule has 0 heterocycles. The SMILES string of the molecule is CC(NC(=O)C(CC(N)=O)NC(=O)C(N)Cc1ccccc1)C(=O)NC(CCC(=O)O)C(=O)O. The minimum atomic E-state index is -1.49. The van der Waals surface area contributed by atoms with Gasteiger partial charge in [0.15, 0.2) is 0 Å². The average Bonchev–Trinajstić information content (AvgIpc) is 2.75. The summed E-state index contributed by atoms with van der Waals surface area (Å²) >= 11 is 0. The van der Waals surface area contributed by atoms with Gasteiger partial charge in [-0.15, -0.1) is 0 Å². The lowest BCUT2D eigenvalue weighted by atomic mass is 10.1. The number of hydrogen-bond donors (Lipinski definition) is 7. The first-order chi connectivity index (χ1) is 15.9. The number of carboxylic acids is 2. The molecule has 0 radical (unpaired) electrons. The van der Waals surface area contributed by atoms with Crippen molar-refractivity contribution in [2.75, 3.05) is 0 Å². The highest BCUT2D eigenvalue weighted by atomic mass is 16.4. The first kappa shape index (κ1) is 28.0. The molecule has 0 aliphatic heterocycles. The molecule has 9 N–H and O–H groups in total. The summed E-state index contributed by atoms with van der Waals surface area (Å²) in [6.07, 6.45) is -1.26. The van der Waals surface area contributed by atoms with Gasteiger partial charge in [0.2, 0.25) is 23.6 Å². The van der Waals surface area contributed by atoms with Crippen molar-refractivity contribution in [3.05, 3.63) is 35.9 Å². The van der Waals surface area contributed by atoms with Gasteiger partial charge in [0, 0.05) is 6.42 Å². The number of benzene rings is 1. The maximum absolute atomic E-state index is 12.6. The van der Waals surface area contributed by atoms with E-state index < -0.39 is 72.6 Å². The van der Waals surface area contributed by atoms with E-state index in [1.807, 2.05) is 0 Å². The molecule has 13 heteroatoms. The Morgan fingerprint density at radius 3 is 2.00 bits per heavy atom. The van der Waals surface area contributed by atoms with E-state index in [1.54, 1.807) is 30.3 Å². The number of carbonyl (C=O) groups excluding carboxylic acids is 4. The van der Waals surface area contributed by atoms with Crippen LogP contribution >= 0.6 is 0 Å². The highest BCUT2D eigenvalue weighted by Gasteiger charge is 2.29. The zero-order chi connectivity index (χ0) is 25.8. The Balaban J connectivity index is 2.76. The summed E-state index contributed by atoms with van der Waals surface area (Å²) in [6.45, 7) is 1.24. The van der Waals surface area contributed by atoms with E-state index in [2.05, 4.69) is 16.0 Å². The van der Waals surface area contributed by atoms with Gasteiger partial charge in [-0.25, -0.2) is 4.79 Å². The fourth-order valence-corrected chi connectivity index (χ4v) is 2.85. The quantitative estimate of drug-likeness (QED) is 0.154. The molecule has 0 spiro atoms. The van der Waals surface area contributed by atoms with E-state index in [1.165, 1.54) is 6.92 Å². The van der Waals surface area contributed by atoms with Crippen LogP contribution in [-0.4, -0.2) is 69.9 Å². The molecule has 0 bridgehead atoms. The van der Waals surface area contributed by atoms with Gasteiger partial charge in [0.05, 0.1) is 12.5 Å². The summed E-state index contributed by atoms with van der Waals surface area (Å²) in [5.74, 6) is -6.12. The lowest BCUT2D eigenvalue weighted by Gasteiger charge is -2.23. The van der Waals surface area contributed by atoms with Crippen LogP contribution in [0.15, 0.2) is 30.3 Å². The molecule has 0 aromatic heterocycles. The minimum absolute atomic E-state index is 0.170. The number of carbonyl (C=O) groups is 6. The fourth-order valence-electron chi connectivity index (χ4n) is 2.85. The molecule has 1 aromatic rings. The van der Waals surface area contributed by atoms with Gasteiger partial charge in [-0.05, 0) is 25.3 Å². The van der Waals surface area contributed by atoms with Crippen molar-refractivity contribution >= 4 is 35.6 Å². The summed E-state index contributed by atoms with van der Waals surface area (Å²) in [6, 6.07) is 3.65. The molecule has 0 fully saturated rings. The highest BCUT2D eigenvalue weighted by Crippen LogP contribution is 2.04. The van der Waals surface area contributed by atoms with Gasteiger partial charge in [-0.2, -0.15) is 0 Å². The van der Waals surface area contributed by atoms with Gasteiger partial charge >= 0.3 is 11.9 Å². The molecule has 0 saturated carbocycles. The molecule has 13 nitrogen and oxygen atoms in total. The number of nitrogens with one attached hydrogen (secondary N) is 3. The molecule has 0 aliphatic rings. The highest BCUT2D eigenvalue weighted by molar-refractivity contribution is 5.96. The Kier molecular flexibility index (Phi) is 11.2. The Morgan fingerprint density at radius 1 is 0.882 bits per heavy atom. The van der Waals surface area contributed by atoms with Gasteiger partial charge < -0.3 is 37.6 Å². The van der Waals surface area contributed by atoms with Gasteiger partial charge in [-0.1, -0.05) is 30.3 Å². The number of rotatable bonds is 14. The van der Waals surface area contributed by atoms with E-state index >= 15 is 0 Å². The van der Waals surface area contributed by atoms with Crippen molar-refractivity contribution in [1.29, 1.82) is 0 Å². The van der Waals surface area contributed by atoms with Crippen molar-refractivity contribution in [2.45, 2.75) is 56.8 Å². The molecule has 1 rings (SSSR count). The van der Waals surface area contributed by atoms with Crippen LogP contribution in [-0.2, 0) is 35.2 Å². The molecule has 4 atom stereocenters. The van der Waals surface area contributed by atoms with Crippen LogP contribution in [0.3, 0.4) is 0 Å². The zero-order valence-corrected chi connectivity index (χ0v) is 18.5.